The minimum atomic E-state index is -0.199. The first kappa shape index (κ1) is 19.0. The fourth-order valence-electron chi connectivity index (χ4n) is 3.16. The molecular weight excluding hydrogens is 386 g/mol. The largest absolute Gasteiger partial charge is 0.489 e. The number of imidazole rings is 1. The molecule has 2 aromatic carbocycles. The van der Waals surface area contributed by atoms with Gasteiger partial charge in [-0.3, -0.25) is 9.20 Å². The zero-order chi connectivity index (χ0) is 20.4. The molecule has 0 bridgehead atoms. The predicted molar refractivity (Wildman–Crippen MR) is 115 cm³/mol. The van der Waals surface area contributed by atoms with Gasteiger partial charge in [0.1, 0.15) is 23.7 Å². The van der Waals surface area contributed by atoms with Crippen molar-refractivity contribution < 1.29 is 9.53 Å². The second-order valence-electron chi connectivity index (χ2n) is 6.82. The van der Waals surface area contributed by atoms with E-state index in [-0.39, 0.29) is 5.91 Å². The number of rotatable bonds is 5. The molecule has 2 aromatic heterocycles. The third kappa shape index (κ3) is 4.10. The Labute approximate surface area is 173 Å². The maximum Gasteiger partial charge on any atom is 0.274 e. The van der Waals surface area contributed by atoms with Crippen molar-refractivity contribution in [3.63, 3.8) is 0 Å². The van der Waals surface area contributed by atoms with E-state index >= 15 is 0 Å². The molecule has 0 atom stereocenters. The molecule has 146 valence electrons. The molecule has 0 aliphatic carbocycles. The summed E-state index contributed by atoms with van der Waals surface area (Å²) in [4.78, 5) is 17.4. The van der Waals surface area contributed by atoms with Crippen LogP contribution in [0, 0.1) is 13.8 Å². The lowest BCUT2D eigenvalue weighted by Crippen LogP contribution is -2.15. The van der Waals surface area contributed by atoms with Crippen molar-refractivity contribution in [2.45, 2.75) is 20.5 Å². The molecule has 4 rings (SSSR count). The Hall–Kier alpha value is -3.31. The van der Waals surface area contributed by atoms with Crippen LogP contribution in [-0.2, 0) is 6.61 Å². The van der Waals surface area contributed by atoms with E-state index in [1.165, 1.54) is 0 Å². The quantitative estimate of drug-likeness (QED) is 0.481. The lowest BCUT2D eigenvalue weighted by atomic mass is 10.2. The van der Waals surface area contributed by atoms with Gasteiger partial charge in [-0.2, -0.15) is 0 Å². The molecule has 0 spiro atoms. The number of ether oxygens (including phenoxy) is 1. The smallest absolute Gasteiger partial charge is 0.274 e. The van der Waals surface area contributed by atoms with Crippen LogP contribution in [0.5, 0.6) is 5.75 Å². The molecule has 29 heavy (non-hydrogen) atoms. The number of aryl methyl sites for hydroxylation is 2. The van der Waals surface area contributed by atoms with Gasteiger partial charge in [-0.05, 0) is 67.4 Å². The van der Waals surface area contributed by atoms with Crippen molar-refractivity contribution in [3.05, 3.63) is 94.4 Å². The molecule has 0 aliphatic heterocycles. The van der Waals surface area contributed by atoms with E-state index in [0.29, 0.717) is 28.7 Å². The topological polar surface area (TPSA) is 55.6 Å². The van der Waals surface area contributed by atoms with Crippen LogP contribution >= 0.6 is 11.6 Å². The minimum Gasteiger partial charge on any atom is -0.489 e. The summed E-state index contributed by atoms with van der Waals surface area (Å²) < 4.78 is 7.61. The Bertz CT molecular complexity index is 1170. The lowest BCUT2D eigenvalue weighted by molar-refractivity contribution is 0.102. The second kappa shape index (κ2) is 7.97. The molecular formula is C23H20ClN3O2. The van der Waals surface area contributed by atoms with Crippen LogP contribution in [0.2, 0.25) is 5.02 Å². The molecule has 0 saturated heterocycles. The number of anilines is 1. The fraction of sp³-hybridized carbons (Fsp3) is 0.130. The van der Waals surface area contributed by atoms with Crippen LogP contribution in [-0.4, -0.2) is 15.3 Å². The highest BCUT2D eigenvalue weighted by Gasteiger charge is 2.17. The number of carbonyl (C=O) groups excluding carboxylic acids is 1. The summed E-state index contributed by atoms with van der Waals surface area (Å²) in [7, 11) is 0. The minimum absolute atomic E-state index is 0.199. The summed E-state index contributed by atoms with van der Waals surface area (Å²) in [6, 6.07) is 18.7. The van der Waals surface area contributed by atoms with Gasteiger partial charge in [0, 0.05) is 16.9 Å². The third-order valence-electron chi connectivity index (χ3n) is 4.67. The van der Waals surface area contributed by atoms with Gasteiger partial charge in [0.15, 0.2) is 0 Å². The molecule has 0 aliphatic rings. The first-order valence-electron chi connectivity index (χ1n) is 9.24. The second-order valence-corrected chi connectivity index (χ2v) is 7.26. The van der Waals surface area contributed by atoms with Gasteiger partial charge in [0.05, 0.1) is 5.69 Å². The molecule has 0 fully saturated rings. The van der Waals surface area contributed by atoms with Gasteiger partial charge in [-0.15, -0.1) is 0 Å². The zero-order valence-electron chi connectivity index (χ0n) is 16.1. The highest BCUT2D eigenvalue weighted by molar-refractivity contribution is 6.30. The van der Waals surface area contributed by atoms with Crippen LogP contribution in [0.4, 0.5) is 5.69 Å². The van der Waals surface area contributed by atoms with Gasteiger partial charge in [-0.25, -0.2) is 4.98 Å². The van der Waals surface area contributed by atoms with Gasteiger partial charge in [0.2, 0.25) is 0 Å². The van der Waals surface area contributed by atoms with E-state index in [1.54, 1.807) is 0 Å². The normalized spacial score (nSPS) is 10.9. The lowest BCUT2D eigenvalue weighted by Gasteiger charge is -2.09. The van der Waals surface area contributed by atoms with E-state index in [1.807, 2.05) is 85.1 Å². The molecule has 4 aromatic rings. The zero-order valence-corrected chi connectivity index (χ0v) is 16.9. The molecule has 0 saturated carbocycles. The first-order chi connectivity index (χ1) is 14.0. The number of hydrogen-bond donors (Lipinski definition) is 1. The summed E-state index contributed by atoms with van der Waals surface area (Å²) in [6.07, 6.45) is 1.85. The van der Waals surface area contributed by atoms with Gasteiger partial charge >= 0.3 is 0 Å². The number of pyridine rings is 1. The predicted octanol–water partition coefficient (Wildman–Crippen LogP) is 5.44. The summed E-state index contributed by atoms with van der Waals surface area (Å²) >= 11 is 5.89. The van der Waals surface area contributed by atoms with E-state index in [9.17, 15) is 4.79 Å². The number of benzene rings is 2. The summed E-state index contributed by atoms with van der Waals surface area (Å²) in [6.45, 7) is 4.27. The Kier molecular flexibility index (Phi) is 5.23. The number of halogens is 1. The van der Waals surface area contributed by atoms with Crippen molar-refractivity contribution in [2.24, 2.45) is 0 Å². The summed E-state index contributed by atoms with van der Waals surface area (Å²) in [5.74, 6) is 0.523. The van der Waals surface area contributed by atoms with Crippen LogP contribution < -0.4 is 10.1 Å². The van der Waals surface area contributed by atoms with Gasteiger partial charge < -0.3 is 10.1 Å². The van der Waals surface area contributed by atoms with E-state index in [2.05, 4.69) is 10.3 Å². The van der Waals surface area contributed by atoms with Crippen molar-refractivity contribution in [1.29, 1.82) is 0 Å². The fourth-order valence-corrected chi connectivity index (χ4v) is 3.29. The molecule has 0 radical (unpaired) electrons. The number of carbonyl (C=O) groups is 1. The van der Waals surface area contributed by atoms with Crippen molar-refractivity contribution >= 4 is 28.8 Å². The number of hydrogen-bond acceptors (Lipinski definition) is 3. The molecule has 0 unspecified atom stereocenters. The van der Waals surface area contributed by atoms with Crippen molar-refractivity contribution in [1.82, 2.24) is 9.38 Å². The highest BCUT2D eigenvalue weighted by Crippen LogP contribution is 2.20. The molecule has 5 nitrogen and oxygen atoms in total. The van der Waals surface area contributed by atoms with Crippen LogP contribution in [0.1, 0.15) is 27.3 Å². The Balaban J connectivity index is 1.45. The van der Waals surface area contributed by atoms with Crippen LogP contribution in [0.15, 0.2) is 66.9 Å². The van der Waals surface area contributed by atoms with Crippen LogP contribution in [0.25, 0.3) is 5.65 Å². The molecule has 1 amide bonds. The molecule has 6 heteroatoms. The Morgan fingerprint density at radius 1 is 1.07 bits per heavy atom. The molecule has 2 heterocycles. The van der Waals surface area contributed by atoms with Crippen molar-refractivity contribution in [2.75, 3.05) is 5.32 Å². The maximum absolute atomic E-state index is 12.8. The van der Waals surface area contributed by atoms with E-state index < -0.39 is 0 Å². The monoisotopic (exact) mass is 405 g/mol. The first-order valence-corrected chi connectivity index (χ1v) is 9.62. The summed E-state index contributed by atoms with van der Waals surface area (Å²) in [5, 5.41) is 3.63. The number of aromatic nitrogens is 2. The van der Waals surface area contributed by atoms with Gasteiger partial charge in [0.25, 0.3) is 5.91 Å². The highest BCUT2D eigenvalue weighted by atomic mass is 35.5. The standard InChI is InChI=1S/C23H20ClN3O2/c1-15-4-3-13-27-21(16(2)25-22(15)27)23(28)26-19-9-11-20(12-10-19)29-14-17-5-7-18(24)8-6-17/h3-13H,14H2,1-2H3,(H,26,28). The van der Waals surface area contributed by atoms with E-state index in [4.69, 9.17) is 16.3 Å². The van der Waals surface area contributed by atoms with Crippen LogP contribution in [0.3, 0.4) is 0 Å². The number of fused-ring (bicyclic) bond motifs is 1. The Morgan fingerprint density at radius 2 is 1.79 bits per heavy atom. The average molecular weight is 406 g/mol. The SMILES string of the molecule is Cc1nc2c(C)cccn2c1C(=O)Nc1ccc(OCc2ccc(Cl)cc2)cc1. The Morgan fingerprint density at radius 3 is 2.52 bits per heavy atom. The number of nitrogens with one attached hydrogen (secondary N) is 1. The number of amides is 1. The molecule has 1 N–H and O–H groups in total. The third-order valence-corrected chi connectivity index (χ3v) is 4.92. The van der Waals surface area contributed by atoms with Crippen molar-refractivity contribution in [3.8, 4) is 5.75 Å². The summed E-state index contributed by atoms with van der Waals surface area (Å²) in [5.41, 5.74) is 4.77. The maximum atomic E-state index is 12.8. The van der Waals surface area contributed by atoms with Gasteiger partial charge in [-0.1, -0.05) is 29.8 Å². The number of nitrogens with zero attached hydrogens (tertiary/aromatic N) is 2. The van der Waals surface area contributed by atoms with E-state index in [0.717, 1.165) is 22.5 Å². The average Bonchev–Trinajstić information content (AvgIpc) is 3.06.